The van der Waals surface area contributed by atoms with E-state index in [9.17, 15) is 8.92 Å². The van der Waals surface area contributed by atoms with Crippen LogP contribution in [0.3, 0.4) is 0 Å². The van der Waals surface area contributed by atoms with Crippen LogP contribution >= 0.6 is 0 Å². The van der Waals surface area contributed by atoms with Crippen LogP contribution in [0.2, 0.25) is 13.1 Å². The molecule has 0 aromatic rings. The number of nitrogens with zero attached hydrogens (tertiary/aromatic N) is 2. The summed E-state index contributed by atoms with van der Waals surface area (Å²) in [7, 11) is 4.49. The maximum absolute atomic E-state index is 10.3. The van der Waals surface area contributed by atoms with Gasteiger partial charge in [0.1, 0.15) is 0 Å². The molecule has 0 rings (SSSR count). The zero-order chi connectivity index (χ0) is 10.3. The van der Waals surface area contributed by atoms with Gasteiger partial charge in [-0.1, -0.05) is 0 Å². The summed E-state index contributed by atoms with van der Waals surface area (Å²) in [4.78, 5) is 0. The van der Waals surface area contributed by atoms with Gasteiger partial charge in [0.2, 0.25) is 0 Å². The average molecular weight is 214 g/mol. The summed E-state index contributed by atoms with van der Waals surface area (Å²) in [5.41, 5.74) is 0. The molecule has 7 heteroatoms. The predicted octanol–water partition coefficient (Wildman–Crippen LogP) is -2.69. The molecule has 0 amide bonds. The minimum absolute atomic E-state index is 0. The number of hydrogen-bond acceptors (Lipinski definition) is 2. The van der Waals surface area contributed by atoms with Crippen LogP contribution in [0.4, 0.5) is 0 Å². The molecule has 0 N–H and O–H groups in total. The Hall–Kier alpha value is 0.231. The van der Waals surface area contributed by atoms with Gasteiger partial charge in [0.05, 0.1) is 0 Å². The Morgan fingerprint density at radius 2 is 0.923 bits per heavy atom. The van der Waals surface area contributed by atoms with Crippen LogP contribution in [0.1, 0.15) is 1.43 Å². The Balaban J connectivity index is -0.0000000625. The zero-order valence-corrected chi connectivity index (χ0v) is 11.7. The second-order valence-corrected chi connectivity index (χ2v) is 6.69. The molecule has 0 saturated carbocycles. The van der Waals surface area contributed by atoms with Crippen molar-refractivity contribution in [3.63, 3.8) is 0 Å². The molecule has 0 saturated heterocycles. The van der Waals surface area contributed by atoms with Gasteiger partial charge >= 0.3 is 36.6 Å². The first-order valence-electron chi connectivity index (χ1n) is 3.64. The van der Waals surface area contributed by atoms with Crippen molar-refractivity contribution < 1.29 is 29.2 Å². The van der Waals surface area contributed by atoms with Crippen LogP contribution in [0.25, 0.3) is 0 Å². The van der Waals surface area contributed by atoms with E-state index < -0.39 is 17.7 Å². The molecule has 4 nitrogen and oxygen atoms in total. The zero-order valence-electron chi connectivity index (χ0n) is 10.7. The molecule has 0 fully saturated rings. The van der Waals surface area contributed by atoms with Crippen LogP contribution in [-0.2, 0) is 8.92 Å². The third-order valence-electron chi connectivity index (χ3n) is 1.26. The quantitative estimate of drug-likeness (QED) is 0.469. The summed E-state index contributed by atoms with van der Waals surface area (Å²) in [6.45, 7) is 3.43. The fraction of sp³-hybridized carbons (Fsp3) is 1.00. The topological polar surface area (TPSA) is 40.6 Å². The van der Waals surface area contributed by atoms with Crippen LogP contribution in [0.5, 0.6) is 0 Å². The second-order valence-electron chi connectivity index (χ2n) is 2.83. The van der Waals surface area contributed by atoms with Gasteiger partial charge in [0, 0.05) is 0 Å². The summed E-state index contributed by atoms with van der Waals surface area (Å²) in [5.74, 6) is 0. The van der Waals surface area contributed by atoms with Crippen molar-refractivity contribution in [1.29, 1.82) is 0 Å². The molecule has 0 spiro atoms. The predicted molar refractivity (Wildman–Crippen MR) is 53.1 cm³/mol. The van der Waals surface area contributed by atoms with Gasteiger partial charge < -0.3 is 19.5 Å². The number of hydrogen-bond donors (Lipinski definition) is 0. The summed E-state index contributed by atoms with van der Waals surface area (Å²) < 4.78 is 23.9. The van der Waals surface area contributed by atoms with Crippen molar-refractivity contribution >= 4 is 17.7 Å². The van der Waals surface area contributed by atoms with Crippen LogP contribution in [0, 0.1) is 0 Å². The Kier molecular flexibility index (Phi) is 15.0. The molecule has 13 heavy (non-hydrogen) atoms. The molecular formula is C6H19LiN2O2Si2. The third kappa shape index (κ3) is 18.9. The van der Waals surface area contributed by atoms with Crippen LogP contribution in [-0.4, -0.2) is 55.0 Å². The van der Waals surface area contributed by atoms with Gasteiger partial charge in [0.25, 0.3) is 0 Å². The van der Waals surface area contributed by atoms with E-state index >= 15 is 0 Å². The largest absolute Gasteiger partial charge is 1.00 e. The molecule has 0 aliphatic rings. The van der Waals surface area contributed by atoms with E-state index in [0.29, 0.717) is 0 Å². The first kappa shape index (κ1) is 18.9. The molecule has 0 radical (unpaired) electrons. The van der Waals surface area contributed by atoms with Crippen LogP contribution < -0.4 is 18.9 Å². The minimum atomic E-state index is -1.37. The van der Waals surface area contributed by atoms with Crippen molar-refractivity contribution in [3.8, 4) is 0 Å². The van der Waals surface area contributed by atoms with E-state index in [-0.39, 0.29) is 20.3 Å². The van der Waals surface area contributed by atoms with E-state index in [4.69, 9.17) is 0 Å². The van der Waals surface area contributed by atoms with Gasteiger partial charge in [-0.05, 0) is 41.3 Å². The van der Waals surface area contributed by atoms with Crippen LogP contribution in [0.15, 0.2) is 0 Å². The van der Waals surface area contributed by atoms with E-state index in [2.05, 4.69) is 0 Å². The Bertz CT molecular complexity index is 152. The van der Waals surface area contributed by atoms with Crippen molar-refractivity contribution in [2.24, 2.45) is 0 Å². The van der Waals surface area contributed by atoms with Gasteiger partial charge in [-0.2, -0.15) is 0 Å². The average Bonchev–Trinajstić information content (AvgIpc) is 1.88. The molecule has 0 heterocycles. The van der Waals surface area contributed by atoms with Gasteiger partial charge in [-0.25, -0.2) is 0 Å². The number of rotatable bonds is 2. The van der Waals surface area contributed by atoms with Crippen molar-refractivity contribution in [2.45, 2.75) is 13.1 Å². The van der Waals surface area contributed by atoms with E-state index in [1.54, 1.807) is 50.4 Å². The normalized spacial score (nSPS) is 7.23. The van der Waals surface area contributed by atoms with Gasteiger partial charge in [0.15, 0.2) is 0 Å². The summed E-state index contributed by atoms with van der Waals surface area (Å²) in [6, 6.07) is 0. The summed E-state index contributed by atoms with van der Waals surface area (Å²) in [6.07, 6.45) is 0. The first-order valence-corrected chi connectivity index (χ1v) is 7.36. The third-order valence-corrected chi connectivity index (χ3v) is 3.78. The maximum atomic E-state index is 10.3. The minimum Gasteiger partial charge on any atom is -1.00 e. The molecule has 0 unspecified atom stereocenters. The van der Waals surface area contributed by atoms with Crippen molar-refractivity contribution in [1.82, 2.24) is 9.13 Å². The molecule has 0 aliphatic heterocycles. The van der Waals surface area contributed by atoms with Gasteiger partial charge in [-0.15, -0.1) is 0 Å². The summed E-state index contributed by atoms with van der Waals surface area (Å²) >= 11 is 0. The van der Waals surface area contributed by atoms with Crippen molar-refractivity contribution in [2.75, 3.05) is 28.2 Å². The molecule has 74 valence electrons. The van der Waals surface area contributed by atoms with E-state index in [1.807, 2.05) is 0 Å². The SMILES string of the molecule is CN(C)[Si](C)=O.CN(C)[Si](C)=O.[H-].[Li+]. The Labute approximate surface area is 97.4 Å². The molecular weight excluding hydrogens is 195 g/mol. The maximum Gasteiger partial charge on any atom is 1.00 e. The monoisotopic (exact) mass is 214 g/mol. The second kappa shape index (κ2) is 10.3. The van der Waals surface area contributed by atoms with E-state index in [0.717, 1.165) is 0 Å². The Morgan fingerprint density at radius 1 is 0.846 bits per heavy atom. The molecule has 0 atom stereocenters. The smallest absolute Gasteiger partial charge is 1.00 e. The Morgan fingerprint density at radius 3 is 0.923 bits per heavy atom. The fourth-order valence-corrected chi connectivity index (χ4v) is 0. The molecule has 0 aromatic heterocycles. The first-order chi connectivity index (χ1) is 5.29. The van der Waals surface area contributed by atoms with E-state index in [1.165, 1.54) is 0 Å². The summed E-state index contributed by atoms with van der Waals surface area (Å²) in [5, 5.41) is 0. The molecule has 0 aliphatic carbocycles. The standard InChI is InChI=1S/2C3H9NOSi.Li.H/c2*1-4(2)6(3)5;;/h2*1-3H3;;/q;;+1;-1. The molecule has 0 bridgehead atoms. The van der Waals surface area contributed by atoms with Gasteiger partial charge in [-0.3, -0.25) is 0 Å². The molecule has 0 aromatic carbocycles. The fourth-order valence-electron chi connectivity index (χ4n) is 0. The van der Waals surface area contributed by atoms with Crippen molar-refractivity contribution in [3.05, 3.63) is 0 Å².